The van der Waals surface area contributed by atoms with Crippen molar-refractivity contribution in [1.29, 1.82) is 0 Å². The number of methoxy groups -OCH3 is 1. The summed E-state index contributed by atoms with van der Waals surface area (Å²) in [6.45, 7) is 1.90. The molecule has 112 valence electrons. The number of aryl methyl sites for hydroxylation is 1. The molecule has 21 heavy (non-hydrogen) atoms. The van der Waals surface area contributed by atoms with Crippen molar-refractivity contribution in [2.75, 3.05) is 14.2 Å². The molecule has 2 nitrogen and oxygen atoms in total. The predicted octanol–water partition coefficient (Wildman–Crippen LogP) is 4.24. The van der Waals surface area contributed by atoms with Crippen molar-refractivity contribution in [3.63, 3.8) is 0 Å². The Hall–Kier alpha value is -1.65. The van der Waals surface area contributed by atoms with Gasteiger partial charge in [0.15, 0.2) is 0 Å². The van der Waals surface area contributed by atoms with E-state index in [0.29, 0.717) is 5.75 Å². The number of hydrogen-bond donors (Lipinski definition) is 1. The first-order chi connectivity index (χ1) is 9.97. The van der Waals surface area contributed by atoms with E-state index < -0.39 is 17.7 Å². The van der Waals surface area contributed by atoms with E-state index in [1.807, 2.05) is 19.1 Å². The Morgan fingerprint density at radius 3 is 2.38 bits per heavy atom. The Balaban J connectivity index is 2.52. The van der Waals surface area contributed by atoms with Crippen LogP contribution in [0.15, 0.2) is 30.3 Å². The molecule has 0 fully saturated rings. The zero-order valence-electron chi connectivity index (χ0n) is 12.0. The lowest BCUT2D eigenvalue weighted by Gasteiger charge is -2.21. The molecule has 0 aliphatic rings. The van der Waals surface area contributed by atoms with E-state index in [9.17, 15) is 8.78 Å². The molecule has 2 aromatic rings. The number of halogens is 3. The highest BCUT2D eigenvalue weighted by Gasteiger charge is 2.20. The number of rotatable bonds is 4. The van der Waals surface area contributed by atoms with Crippen LogP contribution in [0.3, 0.4) is 0 Å². The van der Waals surface area contributed by atoms with Gasteiger partial charge < -0.3 is 10.1 Å². The van der Waals surface area contributed by atoms with Crippen LogP contribution in [-0.4, -0.2) is 14.2 Å². The molecule has 2 rings (SSSR count). The van der Waals surface area contributed by atoms with Gasteiger partial charge in [0.1, 0.15) is 17.4 Å². The highest BCUT2D eigenvalue weighted by Crippen LogP contribution is 2.31. The molecule has 0 aromatic heterocycles. The zero-order valence-corrected chi connectivity index (χ0v) is 12.8. The zero-order chi connectivity index (χ0) is 15.6. The third-order valence-corrected chi connectivity index (χ3v) is 3.72. The molecule has 5 heteroatoms. The van der Waals surface area contributed by atoms with Crippen LogP contribution < -0.4 is 10.1 Å². The van der Waals surface area contributed by atoms with Gasteiger partial charge in [0.25, 0.3) is 0 Å². The first-order valence-corrected chi connectivity index (χ1v) is 6.82. The van der Waals surface area contributed by atoms with Gasteiger partial charge in [0, 0.05) is 5.56 Å². The minimum absolute atomic E-state index is 0.215. The van der Waals surface area contributed by atoms with Gasteiger partial charge in [-0.25, -0.2) is 8.78 Å². The third kappa shape index (κ3) is 3.17. The van der Waals surface area contributed by atoms with Crippen molar-refractivity contribution < 1.29 is 13.5 Å². The summed E-state index contributed by atoms with van der Waals surface area (Å²) in [5.74, 6) is -0.468. The Kier molecular flexibility index (Phi) is 4.80. The highest BCUT2D eigenvalue weighted by molar-refractivity contribution is 6.30. The lowest BCUT2D eigenvalue weighted by molar-refractivity contribution is 0.414. The molecule has 1 atom stereocenters. The van der Waals surface area contributed by atoms with Gasteiger partial charge in [-0.15, -0.1) is 0 Å². The van der Waals surface area contributed by atoms with Crippen molar-refractivity contribution in [2.24, 2.45) is 0 Å². The smallest absolute Gasteiger partial charge is 0.142 e. The fraction of sp³-hybridized carbons (Fsp3) is 0.250. The Bertz CT molecular complexity index is 661. The summed E-state index contributed by atoms with van der Waals surface area (Å²) in [6.07, 6.45) is 0. The standard InChI is InChI=1S/C16H16ClF2NO/c1-9-6-10(21-3)4-5-11(9)16(20-2)12-7-15(19)13(17)8-14(12)18/h4-8,16,20H,1-3H3. The van der Waals surface area contributed by atoms with E-state index in [4.69, 9.17) is 16.3 Å². The maximum Gasteiger partial charge on any atom is 0.142 e. The summed E-state index contributed by atoms with van der Waals surface area (Å²) in [4.78, 5) is 0. The fourth-order valence-electron chi connectivity index (χ4n) is 2.34. The minimum atomic E-state index is -0.639. The van der Waals surface area contributed by atoms with Gasteiger partial charge in [-0.05, 0) is 49.4 Å². The topological polar surface area (TPSA) is 21.3 Å². The molecule has 0 bridgehead atoms. The van der Waals surface area contributed by atoms with E-state index in [1.54, 1.807) is 20.2 Å². The molecule has 0 aliphatic heterocycles. The monoisotopic (exact) mass is 311 g/mol. The van der Waals surface area contributed by atoms with Gasteiger partial charge in [0.05, 0.1) is 18.2 Å². The maximum atomic E-state index is 14.1. The number of ether oxygens (including phenoxy) is 1. The molecule has 0 amide bonds. The third-order valence-electron chi connectivity index (χ3n) is 3.43. The van der Waals surface area contributed by atoms with Crippen LogP contribution in [0.1, 0.15) is 22.7 Å². The molecule has 0 spiro atoms. The summed E-state index contributed by atoms with van der Waals surface area (Å²) in [5.41, 5.74) is 1.98. The lowest BCUT2D eigenvalue weighted by atomic mass is 9.94. The van der Waals surface area contributed by atoms with Crippen molar-refractivity contribution in [3.05, 3.63) is 63.7 Å². The fourth-order valence-corrected chi connectivity index (χ4v) is 2.49. The molecule has 0 radical (unpaired) electrons. The van der Waals surface area contributed by atoms with Crippen molar-refractivity contribution in [2.45, 2.75) is 13.0 Å². The van der Waals surface area contributed by atoms with Crippen molar-refractivity contribution >= 4 is 11.6 Å². The quantitative estimate of drug-likeness (QED) is 0.853. The van der Waals surface area contributed by atoms with E-state index in [1.165, 1.54) is 0 Å². The predicted molar refractivity (Wildman–Crippen MR) is 80.0 cm³/mol. The Morgan fingerprint density at radius 2 is 1.81 bits per heavy atom. The first kappa shape index (κ1) is 15.7. The number of benzene rings is 2. The number of nitrogens with one attached hydrogen (secondary N) is 1. The van der Waals surface area contributed by atoms with Crippen LogP contribution in [0.2, 0.25) is 5.02 Å². The molecule has 1 unspecified atom stereocenters. The molecular weight excluding hydrogens is 296 g/mol. The summed E-state index contributed by atoms with van der Waals surface area (Å²) in [5, 5.41) is 2.79. The van der Waals surface area contributed by atoms with Gasteiger partial charge in [-0.2, -0.15) is 0 Å². The van der Waals surface area contributed by atoms with E-state index in [2.05, 4.69) is 5.32 Å². The minimum Gasteiger partial charge on any atom is -0.497 e. The molecule has 1 N–H and O–H groups in total. The van der Waals surface area contributed by atoms with Crippen molar-refractivity contribution in [3.8, 4) is 5.75 Å². The lowest BCUT2D eigenvalue weighted by Crippen LogP contribution is -2.20. The molecule has 0 saturated carbocycles. The maximum absolute atomic E-state index is 14.1. The van der Waals surface area contributed by atoms with Gasteiger partial charge >= 0.3 is 0 Å². The van der Waals surface area contributed by atoms with Crippen LogP contribution in [-0.2, 0) is 0 Å². The van der Waals surface area contributed by atoms with Gasteiger partial charge in [-0.3, -0.25) is 0 Å². The van der Waals surface area contributed by atoms with Crippen LogP contribution in [0.5, 0.6) is 5.75 Å². The summed E-state index contributed by atoms with van der Waals surface area (Å²) < 4.78 is 32.9. The number of hydrogen-bond acceptors (Lipinski definition) is 2. The largest absolute Gasteiger partial charge is 0.497 e. The average Bonchev–Trinajstić information content (AvgIpc) is 2.46. The van der Waals surface area contributed by atoms with E-state index >= 15 is 0 Å². The Labute approximate surface area is 127 Å². The summed E-state index contributed by atoms with van der Waals surface area (Å²) in [7, 11) is 3.28. The summed E-state index contributed by atoms with van der Waals surface area (Å²) in [6, 6.07) is 7.13. The van der Waals surface area contributed by atoms with Crippen LogP contribution in [0.4, 0.5) is 8.78 Å². The van der Waals surface area contributed by atoms with Crippen molar-refractivity contribution in [1.82, 2.24) is 5.32 Å². The van der Waals surface area contributed by atoms with Crippen LogP contribution >= 0.6 is 11.6 Å². The van der Waals surface area contributed by atoms with Gasteiger partial charge in [-0.1, -0.05) is 17.7 Å². The van der Waals surface area contributed by atoms with Crippen LogP contribution in [0.25, 0.3) is 0 Å². The molecule has 2 aromatic carbocycles. The molecule has 0 saturated heterocycles. The molecular formula is C16H16ClF2NO. The second kappa shape index (κ2) is 6.41. The normalized spacial score (nSPS) is 12.3. The average molecular weight is 312 g/mol. The second-order valence-electron chi connectivity index (χ2n) is 4.73. The first-order valence-electron chi connectivity index (χ1n) is 6.44. The highest BCUT2D eigenvalue weighted by atomic mass is 35.5. The summed E-state index contributed by atoms with van der Waals surface area (Å²) >= 11 is 5.60. The van der Waals surface area contributed by atoms with Gasteiger partial charge in [0.2, 0.25) is 0 Å². The Morgan fingerprint density at radius 1 is 1.10 bits per heavy atom. The molecule has 0 heterocycles. The van der Waals surface area contributed by atoms with Crippen LogP contribution in [0, 0.1) is 18.6 Å². The molecule has 0 aliphatic carbocycles. The van der Waals surface area contributed by atoms with E-state index in [0.717, 1.165) is 23.3 Å². The van der Waals surface area contributed by atoms with E-state index in [-0.39, 0.29) is 10.6 Å². The second-order valence-corrected chi connectivity index (χ2v) is 5.14. The SMILES string of the molecule is CNC(c1ccc(OC)cc1C)c1cc(F)c(Cl)cc1F.